The van der Waals surface area contributed by atoms with Gasteiger partial charge in [-0.2, -0.15) is 0 Å². The molecular weight excluding hydrogens is 172 g/mol. The van der Waals surface area contributed by atoms with Gasteiger partial charge in [0.1, 0.15) is 5.75 Å². The number of benzene rings is 1. The van der Waals surface area contributed by atoms with Crippen LogP contribution in [0, 0.1) is 0 Å². The summed E-state index contributed by atoms with van der Waals surface area (Å²) < 4.78 is 0. The number of rotatable bonds is 0. The van der Waals surface area contributed by atoms with Crippen LogP contribution < -0.4 is 0 Å². The summed E-state index contributed by atoms with van der Waals surface area (Å²) in [6.45, 7) is 8.25. The van der Waals surface area contributed by atoms with Gasteiger partial charge < -0.3 is 5.11 Å². The molecule has 0 aliphatic heterocycles. The zero-order chi connectivity index (χ0) is 9.82. The number of hydrogen-bond acceptors (Lipinski definition) is 1. The second-order valence-corrected chi connectivity index (χ2v) is 2.04. The van der Waals surface area contributed by atoms with Crippen LogP contribution >= 0.6 is 0 Å². The maximum absolute atomic E-state index is 8.63. The predicted octanol–water partition coefficient (Wildman–Crippen LogP) is 5.11. The van der Waals surface area contributed by atoms with Gasteiger partial charge in [-0.1, -0.05) is 67.2 Å². The van der Waals surface area contributed by atoms with Crippen LogP contribution in [-0.2, 0) is 0 Å². The maximum Gasteiger partial charge on any atom is 0.115 e. The van der Waals surface area contributed by atoms with Crippen LogP contribution in [-0.4, -0.2) is 5.11 Å². The molecule has 0 unspecified atom stereocenters. The largest absolute Gasteiger partial charge is 0.508 e. The Morgan fingerprint density at radius 1 is 0.929 bits per heavy atom. The lowest BCUT2D eigenvalue weighted by Crippen LogP contribution is -1.56. The fourth-order valence-corrected chi connectivity index (χ4v) is 0.428. The molecule has 1 rings (SSSR count). The summed E-state index contributed by atoms with van der Waals surface area (Å²) in [4.78, 5) is 0. The van der Waals surface area contributed by atoms with Crippen molar-refractivity contribution in [1.82, 2.24) is 0 Å². The van der Waals surface area contributed by atoms with E-state index >= 15 is 0 Å². The Hall–Kier alpha value is -0.980. The van der Waals surface area contributed by atoms with E-state index in [1.165, 1.54) is 6.42 Å². The minimum Gasteiger partial charge on any atom is -0.508 e. The van der Waals surface area contributed by atoms with Gasteiger partial charge in [0, 0.05) is 0 Å². The molecule has 0 aromatic heterocycles. The Balaban J connectivity index is -0.0000000633. The van der Waals surface area contributed by atoms with Crippen LogP contribution in [0.3, 0.4) is 0 Å². The molecule has 86 valence electrons. The third-order valence-corrected chi connectivity index (χ3v) is 0.756. The van der Waals surface area contributed by atoms with E-state index in [-0.39, 0.29) is 14.9 Å². The first kappa shape index (κ1) is 23.1. The Kier molecular flexibility index (Phi) is 37.5. The molecule has 1 nitrogen and oxygen atoms in total. The lowest BCUT2D eigenvalue weighted by molar-refractivity contribution is 0.475. The van der Waals surface area contributed by atoms with Gasteiger partial charge >= 0.3 is 0 Å². The van der Waals surface area contributed by atoms with Crippen molar-refractivity contribution in [2.45, 2.75) is 49.0 Å². The smallest absolute Gasteiger partial charge is 0.115 e. The predicted molar refractivity (Wildman–Crippen MR) is 68.9 cm³/mol. The molecule has 0 radical (unpaired) electrons. The molecule has 0 atom stereocenters. The first-order valence-electron chi connectivity index (χ1n) is 4.55. The summed E-state index contributed by atoms with van der Waals surface area (Å²) >= 11 is 0. The van der Waals surface area contributed by atoms with E-state index < -0.39 is 0 Å². The quantitative estimate of drug-likeness (QED) is 0.617. The van der Waals surface area contributed by atoms with Gasteiger partial charge in [0.25, 0.3) is 0 Å². The highest BCUT2D eigenvalue weighted by Crippen LogP contribution is 2.02. The highest BCUT2D eigenvalue weighted by Gasteiger charge is 1.74. The molecular formula is C13H28O. The summed E-state index contributed by atoms with van der Waals surface area (Å²) in [6.07, 6.45) is 1.25. The topological polar surface area (TPSA) is 20.2 Å². The van der Waals surface area contributed by atoms with E-state index in [2.05, 4.69) is 13.8 Å². The Morgan fingerprint density at radius 2 is 1.21 bits per heavy atom. The standard InChI is InChI=1S/C6H6O.C3H8.C2H6.2CH4/c7-6-4-2-1-3-5-6;1-3-2;1-2;;/h1-5,7H;3H2,1-2H3;1-2H3;2*1H4. The normalized spacial score (nSPS) is 6.00. The maximum atomic E-state index is 8.63. The molecule has 1 heteroatoms. The van der Waals surface area contributed by atoms with Crippen molar-refractivity contribution in [2.75, 3.05) is 0 Å². The zero-order valence-electron chi connectivity index (χ0n) is 8.54. The van der Waals surface area contributed by atoms with E-state index in [0.29, 0.717) is 5.75 Å². The van der Waals surface area contributed by atoms with E-state index in [9.17, 15) is 0 Å². The van der Waals surface area contributed by atoms with Crippen LogP contribution in [0.2, 0.25) is 0 Å². The molecule has 1 aromatic rings. The third kappa shape index (κ3) is 22.5. The van der Waals surface area contributed by atoms with Crippen molar-refractivity contribution < 1.29 is 5.11 Å². The first-order valence-corrected chi connectivity index (χ1v) is 4.55. The Labute approximate surface area is 90.8 Å². The molecule has 0 saturated carbocycles. The Bertz CT molecular complexity index is 147. The van der Waals surface area contributed by atoms with E-state index in [1.807, 2.05) is 19.9 Å². The summed E-state index contributed by atoms with van der Waals surface area (Å²) in [7, 11) is 0. The van der Waals surface area contributed by atoms with Crippen LogP contribution in [0.5, 0.6) is 5.75 Å². The van der Waals surface area contributed by atoms with Crippen molar-refractivity contribution in [3.63, 3.8) is 0 Å². The summed E-state index contributed by atoms with van der Waals surface area (Å²) in [6, 6.07) is 8.71. The van der Waals surface area contributed by atoms with Crippen molar-refractivity contribution >= 4 is 0 Å². The van der Waals surface area contributed by atoms with Crippen LogP contribution in [0.4, 0.5) is 0 Å². The molecule has 1 N–H and O–H groups in total. The fraction of sp³-hybridized carbons (Fsp3) is 0.538. The lowest BCUT2D eigenvalue weighted by atomic mass is 10.3. The molecule has 0 aliphatic carbocycles. The molecule has 0 aliphatic rings. The van der Waals surface area contributed by atoms with E-state index in [0.717, 1.165) is 0 Å². The summed E-state index contributed by atoms with van der Waals surface area (Å²) in [5.74, 6) is 0.322. The summed E-state index contributed by atoms with van der Waals surface area (Å²) in [5.41, 5.74) is 0. The van der Waals surface area contributed by atoms with Crippen LogP contribution in [0.25, 0.3) is 0 Å². The second kappa shape index (κ2) is 22.7. The number of para-hydroxylation sites is 1. The molecule has 0 fully saturated rings. The van der Waals surface area contributed by atoms with Crippen molar-refractivity contribution in [1.29, 1.82) is 0 Å². The molecule has 0 heterocycles. The SMILES string of the molecule is C.C.CC.CCC.Oc1ccccc1. The Morgan fingerprint density at radius 3 is 1.36 bits per heavy atom. The molecule has 0 bridgehead atoms. The van der Waals surface area contributed by atoms with Gasteiger partial charge in [-0.3, -0.25) is 0 Å². The van der Waals surface area contributed by atoms with Gasteiger partial charge in [-0.25, -0.2) is 0 Å². The number of phenols is 1. The van der Waals surface area contributed by atoms with Crippen molar-refractivity contribution in [3.8, 4) is 5.75 Å². The van der Waals surface area contributed by atoms with Gasteiger partial charge in [0.15, 0.2) is 0 Å². The lowest BCUT2D eigenvalue weighted by Gasteiger charge is -1.82. The highest BCUT2D eigenvalue weighted by atomic mass is 16.3. The summed E-state index contributed by atoms with van der Waals surface area (Å²) in [5, 5.41) is 8.63. The minimum atomic E-state index is 0. The fourth-order valence-electron chi connectivity index (χ4n) is 0.428. The molecule has 0 saturated heterocycles. The van der Waals surface area contributed by atoms with Gasteiger partial charge in [-0.05, 0) is 12.1 Å². The first-order chi connectivity index (χ1) is 5.81. The average molecular weight is 200 g/mol. The monoisotopic (exact) mass is 200 g/mol. The van der Waals surface area contributed by atoms with Gasteiger partial charge in [-0.15, -0.1) is 0 Å². The minimum absolute atomic E-state index is 0. The van der Waals surface area contributed by atoms with Gasteiger partial charge in [0.05, 0.1) is 0 Å². The molecule has 1 aromatic carbocycles. The molecule has 0 spiro atoms. The highest BCUT2D eigenvalue weighted by molar-refractivity contribution is 5.18. The second-order valence-electron chi connectivity index (χ2n) is 2.04. The van der Waals surface area contributed by atoms with Crippen molar-refractivity contribution in [3.05, 3.63) is 30.3 Å². The zero-order valence-corrected chi connectivity index (χ0v) is 8.54. The van der Waals surface area contributed by atoms with Crippen LogP contribution in [0.15, 0.2) is 30.3 Å². The molecule has 14 heavy (non-hydrogen) atoms. The average Bonchev–Trinajstić information content (AvgIpc) is 2.11. The molecule has 0 amide bonds. The van der Waals surface area contributed by atoms with Gasteiger partial charge in [0.2, 0.25) is 0 Å². The number of hydrogen-bond donors (Lipinski definition) is 1. The van der Waals surface area contributed by atoms with Crippen molar-refractivity contribution in [2.24, 2.45) is 0 Å². The number of aromatic hydroxyl groups is 1. The van der Waals surface area contributed by atoms with E-state index in [4.69, 9.17) is 5.11 Å². The van der Waals surface area contributed by atoms with Crippen LogP contribution in [0.1, 0.15) is 49.0 Å². The van der Waals surface area contributed by atoms with E-state index in [1.54, 1.807) is 24.3 Å². The third-order valence-electron chi connectivity index (χ3n) is 0.756. The number of phenolic OH excluding ortho intramolecular Hbond substituents is 1.